The number of rotatable bonds is 5. The number of Topliss-reactive ketones (excluding diaryl/α,β-unsaturated/α-hetero) is 1. The number of carbonyl (C=O) groups excluding carboxylic acids is 1. The van der Waals surface area contributed by atoms with E-state index in [-0.39, 0.29) is 24.8 Å². The Morgan fingerprint density at radius 1 is 1.07 bits per heavy atom. The lowest BCUT2D eigenvalue weighted by Crippen LogP contribution is -2.45. The zero-order chi connectivity index (χ0) is 21.3. The molecule has 0 amide bonds. The molecule has 10 heteroatoms. The first kappa shape index (κ1) is 21.0. The molecule has 1 aliphatic rings. The molecule has 1 fully saturated rings. The van der Waals surface area contributed by atoms with Crippen molar-refractivity contribution in [2.24, 2.45) is 20.0 Å². The largest absolute Gasteiger partial charge is 0.497 e. The fourth-order valence-corrected chi connectivity index (χ4v) is 5.06. The van der Waals surface area contributed by atoms with E-state index in [1.807, 2.05) is 0 Å². The minimum atomic E-state index is -4.06. The number of aryl methyl sites for hydroxylation is 1. The van der Waals surface area contributed by atoms with E-state index in [2.05, 4.69) is 0 Å². The van der Waals surface area contributed by atoms with Crippen molar-refractivity contribution in [1.82, 2.24) is 13.4 Å². The molecule has 0 N–H and O–H groups in total. The zero-order valence-corrected chi connectivity index (χ0v) is 17.3. The van der Waals surface area contributed by atoms with Crippen LogP contribution in [0.25, 0.3) is 0 Å². The van der Waals surface area contributed by atoms with E-state index >= 15 is 0 Å². The van der Waals surface area contributed by atoms with Crippen molar-refractivity contribution in [2.75, 3.05) is 20.2 Å². The van der Waals surface area contributed by atoms with E-state index < -0.39 is 26.2 Å². The maximum Gasteiger partial charge on any atom is 0.330 e. The van der Waals surface area contributed by atoms with Crippen molar-refractivity contribution >= 4 is 15.8 Å². The average molecular weight is 421 g/mol. The minimum absolute atomic E-state index is 0.0391. The third kappa shape index (κ3) is 3.90. The molecule has 0 spiro atoms. The van der Waals surface area contributed by atoms with Gasteiger partial charge in [-0.05, 0) is 37.1 Å². The van der Waals surface area contributed by atoms with Gasteiger partial charge in [0.2, 0.25) is 10.0 Å². The summed E-state index contributed by atoms with van der Waals surface area (Å²) in [6.07, 6.45) is 1.76. The third-order valence-electron chi connectivity index (χ3n) is 5.23. The fraction of sp³-hybridized carbons (Fsp3) is 0.421. The molecule has 1 saturated heterocycles. The van der Waals surface area contributed by atoms with Gasteiger partial charge < -0.3 is 9.30 Å². The second-order valence-corrected chi connectivity index (χ2v) is 8.93. The van der Waals surface area contributed by atoms with Gasteiger partial charge in [-0.1, -0.05) is 0 Å². The van der Waals surface area contributed by atoms with Crippen LogP contribution < -0.4 is 16.0 Å². The van der Waals surface area contributed by atoms with Gasteiger partial charge in [-0.25, -0.2) is 13.2 Å². The van der Waals surface area contributed by atoms with Crippen LogP contribution in [0.4, 0.5) is 0 Å². The molecule has 29 heavy (non-hydrogen) atoms. The van der Waals surface area contributed by atoms with Crippen LogP contribution in [-0.4, -0.2) is 47.8 Å². The predicted octanol–water partition coefficient (Wildman–Crippen LogP) is 0.376. The van der Waals surface area contributed by atoms with E-state index in [0.717, 1.165) is 15.3 Å². The number of benzene rings is 1. The van der Waals surface area contributed by atoms with E-state index in [1.165, 1.54) is 18.4 Å². The van der Waals surface area contributed by atoms with Crippen molar-refractivity contribution in [1.29, 1.82) is 0 Å². The molecule has 0 unspecified atom stereocenters. The van der Waals surface area contributed by atoms with Gasteiger partial charge in [0, 0.05) is 44.9 Å². The first-order valence-electron chi connectivity index (χ1n) is 9.12. The van der Waals surface area contributed by atoms with Crippen LogP contribution in [0, 0.1) is 5.92 Å². The molecule has 9 nitrogen and oxygen atoms in total. The Morgan fingerprint density at radius 3 is 2.21 bits per heavy atom. The highest BCUT2D eigenvalue weighted by Gasteiger charge is 2.34. The summed E-state index contributed by atoms with van der Waals surface area (Å²) >= 11 is 0. The van der Waals surface area contributed by atoms with E-state index in [1.54, 1.807) is 31.4 Å². The number of carbonyl (C=O) groups is 1. The molecule has 0 bridgehead atoms. The molecule has 3 rings (SSSR count). The Bertz CT molecular complexity index is 1140. The SMILES string of the molecule is COc1ccc(C(=O)C2CCN(S(=O)(=O)c3cn(C)c(=O)n(C)c3=O)CC2)cc1. The Hall–Kier alpha value is -2.72. The number of hydrogen-bond acceptors (Lipinski definition) is 6. The number of hydrogen-bond donors (Lipinski definition) is 0. The number of methoxy groups -OCH3 is 1. The molecular weight excluding hydrogens is 398 g/mol. The van der Waals surface area contributed by atoms with Crippen LogP contribution >= 0.6 is 0 Å². The normalized spacial score (nSPS) is 16.0. The Kier molecular flexibility index (Phi) is 5.76. The van der Waals surface area contributed by atoms with Gasteiger partial charge >= 0.3 is 5.69 Å². The Labute approximate surface area is 168 Å². The second kappa shape index (κ2) is 7.96. The van der Waals surface area contributed by atoms with Crippen LogP contribution in [0.15, 0.2) is 44.9 Å². The quantitative estimate of drug-likeness (QED) is 0.646. The molecule has 0 atom stereocenters. The molecule has 2 aromatic rings. The number of sulfonamides is 1. The summed E-state index contributed by atoms with van der Waals surface area (Å²) in [4.78, 5) is 36.4. The van der Waals surface area contributed by atoms with Gasteiger partial charge in [0.25, 0.3) is 5.56 Å². The lowest BCUT2D eigenvalue weighted by atomic mass is 9.89. The summed E-state index contributed by atoms with van der Waals surface area (Å²) < 4.78 is 34.0. The number of nitrogens with zero attached hydrogens (tertiary/aromatic N) is 3. The van der Waals surface area contributed by atoms with Crippen molar-refractivity contribution in [3.8, 4) is 5.75 Å². The molecular formula is C19H23N3O6S. The van der Waals surface area contributed by atoms with Crippen LogP contribution in [0.2, 0.25) is 0 Å². The molecule has 1 aromatic heterocycles. The molecule has 0 saturated carbocycles. The number of aromatic nitrogens is 2. The van der Waals surface area contributed by atoms with Crippen molar-refractivity contribution < 1.29 is 17.9 Å². The maximum absolute atomic E-state index is 12.9. The highest BCUT2D eigenvalue weighted by Crippen LogP contribution is 2.26. The predicted molar refractivity (Wildman–Crippen MR) is 106 cm³/mol. The summed E-state index contributed by atoms with van der Waals surface area (Å²) in [6, 6.07) is 6.81. The van der Waals surface area contributed by atoms with Crippen LogP contribution in [0.3, 0.4) is 0 Å². The van der Waals surface area contributed by atoms with Gasteiger partial charge in [0.15, 0.2) is 10.7 Å². The summed E-state index contributed by atoms with van der Waals surface area (Å²) in [5.41, 5.74) is -0.902. The highest BCUT2D eigenvalue weighted by atomic mass is 32.2. The van der Waals surface area contributed by atoms with Gasteiger partial charge in [0.1, 0.15) is 5.75 Å². The standard InChI is InChI=1S/C19H23N3O6S/c1-20-12-16(18(24)21(2)19(20)25)29(26,27)22-10-8-14(9-11-22)17(23)13-4-6-15(28-3)7-5-13/h4-7,12,14H,8-11H2,1-3H3. The summed E-state index contributed by atoms with van der Waals surface area (Å²) in [6.45, 7) is 0.252. The summed E-state index contributed by atoms with van der Waals surface area (Å²) in [5, 5.41) is 0. The molecule has 0 aliphatic carbocycles. The molecule has 0 radical (unpaired) electrons. The van der Waals surface area contributed by atoms with Gasteiger partial charge in [-0.3, -0.25) is 14.2 Å². The topological polar surface area (TPSA) is 108 Å². The van der Waals surface area contributed by atoms with Crippen molar-refractivity contribution in [3.05, 3.63) is 56.9 Å². The summed E-state index contributed by atoms with van der Waals surface area (Å²) in [7, 11) is 0.111. The van der Waals surface area contributed by atoms with Crippen LogP contribution in [-0.2, 0) is 24.1 Å². The van der Waals surface area contributed by atoms with E-state index in [0.29, 0.717) is 24.2 Å². The molecule has 156 valence electrons. The maximum atomic E-state index is 12.9. The summed E-state index contributed by atoms with van der Waals surface area (Å²) in [5.74, 6) is 0.321. The number of ether oxygens (including phenoxy) is 1. The zero-order valence-electron chi connectivity index (χ0n) is 16.5. The van der Waals surface area contributed by atoms with Crippen molar-refractivity contribution in [2.45, 2.75) is 17.7 Å². The molecule has 1 aliphatic heterocycles. The monoisotopic (exact) mass is 421 g/mol. The van der Waals surface area contributed by atoms with Crippen LogP contribution in [0.1, 0.15) is 23.2 Å². The van der Waals surface area contributed by atoms with Gasteiger partial charge in [-0.2, -0.15) is 4.31 Å². The van der Waals surface area contributed by atoms with E-state index in [4.69, 9.17) is 4.74 Å². The molecule has 2 heterocycles. The number of ketones is 1. The lowest BCUT2D eigenvalue weighted by molar-refractivity contribution is 0.0875. The third-order valence-corrected chi connectivity index (χ3v) is 7.11. The smallest absolute Gasteiger partial charge is 0.330 e. The highest BCUT2D eigenvalue weighted by molar-refractivity contribution is 7.89. The van der Waals surface area contributed by atoms with Crippen molar-refractivity contribution in [3.63, 3.8) is 0 Å². The van der Waals surface area contributed by atoms with Crippen LogP contribution in [0.5, 0.6) is 5.75 Å². The number of piperidine rings is 1. The average Bonchev–Trinajstić information content (AvgIpc) is 2.74. The Morgan fingerprint density at radius 2 is 1.66 bits per heavy atom. The minimum Gasteiger partial charge on any atom is -0.497 e. The first-order chi connectivity index (χ1) is 13.7. The fourth-order valence-electron chi connectivity index (χ4n) is 3.44. The second-order valence-electron chi connectivity index (χ2n) is 7.02. The lowest BCUT2D eigenvalue weighted by Gasteiger charge is -2.30. The van der Waals surface area contributed by atoms with Gasteiger partial charge in [0.05, 0.1) is 7.11 Å². The Balaban J connectivity index is 1.77. The van der Waals surface area contributed by atoms with Gasteiger partial charge in [-0.15, -0.1) is 0 Å². The molecule has 1 aromatic carbocycles. The first-order valence-corrected chi connectivity index (χ1v) is 10.6. The van der Waals surface area contributed by atoms with E-state index in [9.17, 15) is 22.8 Å².